The van der Waals surface area contributed by atoms with Gasteiger partial charge in [0.15, 0.2) is 0 Å². The third-order valence-electron chi connectivity index (χ3n) is 3.34. The number of fused-ring (bicyclic) bond motifs is 1. The molecule has 0 unspecified atom stereocenters. The monoisotopic (exact) mass is 289 g/mol. The Morgan fingerprint density at radius 3 is 2.76 bits per heavy atom. The van der Waals surface area contributed by atoms with Crippen LogP contribution in [0.1, 0.15) is 30.1 Å². The predicted molar refractivity (Wildman–Crippen MR) is 80.9 cm³/mol. The van der Waals surface area contributed by atoms with Gasteiger partial charge in [-0.05, 0) is 18.6 Å². The van der Waals surface area contributed by atoms with E-state index in [0.29, 0.717) is 25.1 Å². The first-order valence-electron chi connectivity index (χ1n) is 7.08. The van der Waals surface area contributed by atoms with Crippen molar-refractivity contribution in [1.29, 1.82) is 0 Å². The molecule has 112 valence electrons. The molecular formula is C16H19NO4. The average Bonchev–Trinajstić information content (AvgIpc) is 2.49. The molecule has 1 aromatic carbocycles. The molecular weight excluding hydrogens is 270 g/mol. The number of carbonyl (C=O) groups is 1. The number of benzene rings is 1. The zero-order chi connectivity index (χ0) is 15.2. The molecule has 5 heteroatoms. The summed E-state index contributed by atoms with van der Waals surface area (Å²) in [5, 5.41) is 9.57. The number of pyridine rings is 1. The first-order chi connectivity index (χ1) is 10.1. The van der Waals surface area contributed by atoms with Gasteiger partial charge in [0.2, 0.25) is 5.43 Å². The van der Waals surface area contributed by atoms with Gasteiger partial charge in [0.25, 0.3) is 0 Å². The van der Waals surface area contributed by atoms with E-state index in [-0.39, 0.29) is 5.56 Å². The zero-order valence-corrected chi connectivity index (χ0v) is 12.0. The number of carboxylic acid groups (broad SMARTS) is 1. The van der Waals surface area contributed by atoms with E-state index in [0.717, 1.165) is 18.4 Å². The summed E-state index contributed by atoms with van der Waals surface area (Å²) in [7, 11) is 0. The second-order valence-electron chi connectivity index (χ2n) is 4.85. The second-order valence-corrected chi connectivity index (χ2v) is 4.85. The van der Waals surface area contributed by atoms with Gasteiger partial charge in [0.1, 0.15) is 5.56 Å². The van der Waals surface area contributed by atoms with E-state index in [1.54, 1.807) is 16.7 Å². The highest BCUT2D eigenvalue weighted by Crippen LogP contribution is 2.12. The maximum atomic E-state index is 12.1. The normalized spacial score (nSPS) is 10.9. The SMILES string of the molecule is CCCCOCCn1cc(C(=O)O)c(=O)c2ccccc21. The molecule has 0 aliphatic heterocycles. The van der Waals surface area contributed by atoms with Crippen LogP contribution in [0.4, 0.5) is 0 Å². The van der Waals surface area contributed by atoms with E-state index in [1.807, 2.05) is 12.1 Å². The lowest BCUT2D eigenvalue weighted by Gasteiger charge is -2.12. The number of hydrogen-bond acceptors (Lipinski definition) is 3. The Bertz CT molecular complexity index is 690. The molecule has 0 amide bonds. The lowest BCUT2D eigenvalue weighted by atomic mass is 10.1. The largest absolute Gasteiger partial charge is 0.477 e. The topological polar surface area (TPSA) is 68.5 Å². The maximum Gasteiger partial charge on any atom is 0.341 e. The highest BCUT2D eigenvalue weighted by atomic mass is 16.5. The van der Waals surface area contributed by atoms with Crippen LogP contribution >= 0.6 is 0 Å². The number of carboxylic acids is 1. The van der Waals surface area contributed by atoms with E-state index in [4.69, 9.17) is 9.84 Å². The fourth-order valence-corrected chi connectivity index (χ4v) is 2.19. The number of aromatic carboxylic acids is 1. The van der Waals surface area contributed by atoms with Crippen molar-refractivity contribution in [1.82, 2.24) is 4.57 Å². The lowest BCUT2D eigenvalue weighted by molar-refractivity contribution is 0.0694. The van der Waals surface area contributed by atoms with Gasteiger partial charge in [-0.2, -0.15) is 0 Å². The number of hydrogen-bond donors (Lipinski definition) is 1. The van der Waals surface area contributed by atoms with Crippen LogP contribution in [0, 0.1) is 0 Å². The molecule has 0 aliphatic carbocycles. The van der Waals surface area contributed by atoms with E-state index in [2.05, 4.69) is 6.92 Å². The minimum absolute atomic E-state index is 0.206. The van der Waals surface area contributed by atoms with Gasteiger partial charge in [0, 0.05) is 24.7 Å². The van der Waals surface area contributed by atoms with Gasteiger partial charge in [-0.25, -0.2) is 4.79 Å². The van der Waals surface area contributed by atoms with Crippen LogP contribution in [0.25, 0.3) is 10.9 Å². The minimum Gasteiger partial charge on any atom is -0.477 e. The van der Waals surface area contributed by atoms with E-state index < -0.39 is 11.4 Å². The second kappa shape index (κ2) is 7.04. The maximum absolute atomic E-state index is 12.1. The Morgan fingerprint density at radius 1 is 1.29 bits per heavy atom. The van der Waals surface area contributed by atoms with Gasteiger partial charge in [-0.3, -0.25) is 4.79 Å². The molecule has 0 fully saturated rings. The molecule has 21 heavy (non-hydrogen) atoms. The summed E-state index contributed by atoms with van der Waals surface area (Å²) in [4.78, 5) is 23.3. The van der Waals surface area contributed by atoms with Crippen molar-refractivity contribution in [3.63, 3.8) is 0 Å². The Balaban J connectivity index is 2.31. The third-order valence-corrected chi connectivity index (χ3v) is 3.34. The summed E-state index contributed by atoms with van der Waals surface area (Å²) in [6.07, 6.45) is 3.48. The molecule has 2 rings (SSSR count). The number of para-hydroxylation sites is 1. The Morgan fingerprint density at radius 2 is 2.05 bits per heavy atom. The highest BCUT2D eigenvalue weighted by molar-refractivity contribution is 5.92. The summed E-state index contributed by atoms with van der Waals surface area (Å²) < 4.78 is 7.28. The molecule has 0 saturated carbocycles. The van der Waals surface area contributed by atoms with Crippen molar-refractivity contribution >= 4 is 16.9 Å². The van der Waals surface area contributed by atoms with Crippen molar-refractivity contribution in [2.75, 3.05) is 13.2 Å². The van der Waals surface area contributed by atoms with Crippen LogP contribution in [-0.4, -0.2) is 28.9 Å². The first-order valence-corrected chi connectivity index (χ1v) is 7.08. The average molecular weight is 289 g/mol. The highest BCUT2D eigenvalue weighted by Gasteiger charge is 2.13. The van der Waals surface area contributed by atoms with Crippen molar-refractivity contribution < 1.29 is 14.6 Å². The summed E-state index contributed by atoms with van der Waals surface area (Å²) >= 11 is 0. The molecule has 2 aromatic rings. The van der Waals surface area contributed by atoms with Crippen molar-refractivity contribution in [2.24, 2.45) is 0 Å². The molecule has 1 heterocycles. The first kappa shape index (κ1) is 15.3. The van der Waals surface area contributed by atoms with Gasteiger partial charge in [-0.15, -0.1) is 0 Å². The molecule has 0 bridgehead atoms. The Labute approximate surface area is 122 Å². The Kier molecular flexibility index (Phi) is 5.11. The van der Waals surface area contributed by atoms with Crippen LogP contribution in [0.5, 0.6) is 0 Å². The van der Waals surface area contributed by atoms with Crippen molar-refractivity contribution in [3.05, 3.63) is 46.2 Å². The predicted octanol–water partition coefficient (Wildman–Crippen LogP) is 2.52. The molecule has 0 radical (unpaired) electrons. The van der Waals surface area contributed by atoms with Gasteiger partial charge < -0.3 is 14.4 Å². The van der Waals surface area contributed by atoms with Gasteiger partial charge in [0.05, 0.1) is 12.1 Å². The summed E-state index contributed by atoms with van der Waals surface area (Å²) in [6.45, 7) is 3.80. The number of nitrogens with zero attached hydrogens (tertiary/aromatic N) is 1. The van der Waals surface area contributed by atoms with E-state index in [1.165, 1.54) is 6.20 Å². The summed E-state index contributed by atoms with van der Waals surface area (Å²) in [5.41, 5.74) is 0.0788. The van der Waals surface area contributed by atoms with Crippen LogP contribution in [0.2, 0.25) is 0 Å². The summed E-state index contributed by atoms with van der Waals surface area (Å²) in [6, 6.07) is 7.03. The van der Waals surface area contributed by atoms with Crippen LogP contribution < -0.4 is 5.43 Å². The molecule has 1 aromatic heterocycles. The van der Waals surface area contributed by atoms with Gasteiger partial charge in [-0.1, -0.05) is 25.5 Å². The van der Waals surface area contributed by atoms with E-state index in [9.17, 15) is 9.59 Å². The van der Waals surface area contributed by atoms with Crippen molar-refractivity contribution in [2.45, 2.75) is 26.3 Å². The zero-order valence-electron chi connectivity index (χ0n) is 12.0. The Hall–Kier alpha value is -2.14. The number of aromatic nitrogens is 1. The molecule has 5 nitrogen and oxygen atoms in total. The molecule has 0 saturated heterocycles. The van der Waals surface area contributed by atoms with Gasteiger partial charge >= 0.3 is 5.97 Å². The van der Waals surface area contributed by atoms with Crippen LogP contribution in [-0.2, 0) is 11.3 Å². The van der Waals surface area contributed by atoms with Crippen LogP contribution in [0.3, 0.4) is 0 Å². The molecule has 0 atom stereocenters. The molecule has 1 N–H and O–H groups in total. The lowest BCUT2D eigenvalue weighted by Crippen LogP contribution is -2.20. The summed E-state index contributed by atoms with van der Waals surface area (Å²) in [5.74, 6) is -1.20. The minimum atomic E-state index is -1.20. The third kappa shape index (κ3) is 3.49. The smallest absolute Gasteiger partial charge is 0.341 e. The number of rotatable bonds is 7. The number of ether oxygens (including phenoxy) is 1. The van der Waals surface area contributed by atoms with E-state index >= 15 is 0 Å². The quantitative estimate of drug-likeness (QED) is 0.795. The molecule has 0 aliphatic rings. The fraction of sp³-hybridized carbons (Fsp3) is 0.375. The fourth-order valence-electron chi connectivity index (χ4n) is 2.19. The number of unbranched alkanes of at least 4 members (excludes halogenated alkanes) is 1. The van der Waals surface area contributed by atoms with Crippen molar-refractivity contribution in [3.8, 4) is 0 Å². The standard InChI is InChI=1S/C16H19NO4/c1-2-3-9-21-10-8-17-11-13(16(19)20)15(18)12-6-4-5-7-14(12)17/h4-7,11H,2-3,8-10H2,1H3,(H,19,20). The molecule has 0 spiro atoms. The van der Waals surface area contributed by atoms with Crippen LogP contribution in [0.15, 0.2) is 35.3 Å².